The molecule has 0 spiro atoms. The second kappa shape index (κ2) is 4.83. The monoisotopic (exact) mass is 247 g/mol. The molecule has 1 heterocycles. The van der Waals surface area contributed by atoms with Crippen molar-refractivity contribution in [2.75, 3.05) is 7.11 Å². The maximum absolute atomic E-state index is 13.4. The molecule has 0 unspecified atom stereocenters. The molecule has 4 nitrogen and oxygen atoms in total. The Labute approximate surface area is 102 Å². The molecule has 0 aliphatic carbocycles. The highest BCUT2D eigenvalue weighted by molar-refractivity contribution is 5.90. The predicted octanol–water partition coefficient (Wildman–Crippen LogP) is 1.97. The van der Waals surface area contributed by atoms with Crippen molar-refractivity contribution in [3.63, 3.8) is 0 Å². The number of aromatic nitrogens is 1. The molecular formula is C13H10FNO3. The van der Waals surface area contributed by atoms with Gasteiger partial charge in [0.15, 0.2) is 5.43 Å². The molecule has 92 valence electrons. The number of carbonyl (C=O) groups excluding carboxylic acids is 1. The zero-order valence-electron chi connectivity index (χ0n) is 9.57. The summed E-state index contributed by atoms with van der Waals surface area (Å²) in [7, 11) is 1.22. The molecule has 0 bridgehead atoms. The lowest BCUT2D eigenvalue weighted by molar-refractivity contribution is 0.0600. The first-order chi connectivity index (χ1) is 8.60. The van der Waals surface area contributed by atoms with Gasteiger partial charge in [0.25, 0.3) is 0 Å². The van der Waals surface area contributed by atoms with Gasteiger partial charge in [0.2, 0.25) is 0 Å². The third-order valence-corrected chi connectivity index (χ3v) is 2.40. The molecule has 2 aromatic rings. The Morgan fingerprint density at radius 1 is 1.28 bits per heavy atom. The van der Waals surface area contributed by atoms with E-state index in [1.165, 1.54) is 37.6 Å². The molecule has 0 saturated carbocycles. The fourth-order valence-corrected chi connectivity index (χ4v) is 1.59. The fourth-order valence-electron chi connectivity index (χ4n) is 1.59. The van der Waals surface area contributed by atoms with Crippen LogP contribution in [0.5, 0.6) is 0 Å². The number of ether oxygens (including phenoxy) is 1. The van der Waals surface area contributed by atoms with E-state index in [2.05, 4.69) is 9.72 Å². The van der Waals surface area contributed by atoms with Crippen LogP contribution in [-0.4, -0.2) is 18.1 Å². The number of esters is 1. The van der Waals surface area contributed by atoms with Gasteiger partial charge in [0, 0.05) is 29.6 Å². The van der Waals surface area contributed by atoms with E-state index in [-0.39, 0.29) is 11.0 Å². The lowest BCUT2D eigenvalue weighted by Gasteiger charge is -2.05. The van der Waals surface area contributed by atoms with Crippen LogP contribution in [0.4, 0.5) is 4.39 Å². The number of rotatable bonds is 2. The zero-order chi connectivity index (χ0) is 13.1. The van der Waals surface area contributed by atoms with E-state index >= 15 is 0 Å². The van der Waals surface area contributed by atoms with Gasteiger partial charge >= 0.3 is 5.97 Å². The normalized spacial score (nSPS) is 10.1. The third-order valence-electron chi connectivity index (χ3n) is 2.40. The summed E-state index contributed by atoms with van der Waals surface area (Å²) in [5.74, 6) is -1.20. The van der Waals surface area contributed by atoms with Crippen molar-refractivity contribution in [3.8, 4) is 11.3 Å². The topological polar surface area (TPSA) is 59.2 Å². The summed E-state index contributed by atoms with van der Waals surface area (Å²) < 4.78 is 17.9. The predicted molar refractivity (Wildman–Crippen MR) is 63.8 cm³/mol. The van der Waals surface area contributed by atoms with Gasteiger partial charge in [-0.15, -0.1) is 0 Å². The minimum absolute atomic E-state index is 0.0946. The van der Waals surface area contributed by atoms with Crippen LogP contribution in [0.1, 0.15) is 10.4 Å². The first kappa shape index (κ1) is 12.0. The molecule has 5 heteroatoms. The van der Waals surface area contributed by atoms with Crippen molar-refractivity contribution in [1.29, 1.82) is 0 Å². The summed E-state index contributed by atoms with van der Waals surface area (Å²) >= 11 is 0. The number of carbonyl (C=O) groups is 1. The van der Waals surface area contributed by atoms with Gasteiger partial charge in [0.1, 0.15) is 5.82 Å². The summed E-state index contributed by atoms with van der Waals surface area (Å²) in [6, 6.07) is 6.45. The van der Waals surface area contributed by atoms with Gasteiger partial charge < -0.3 is 9.72 Å². The van der Waals surface area contributed by atoms with Gasteiger partial charge in [-0.3, -0.25) is 4.79 Å². The molecule has 0 aliphatic rings. The van der Waals surface area contributed by atoms with Crippen LogP contribution in [0, 0.1) is 5.82 Å². The average molecular weight is 247 g/mol. The Hall–Kier alpha value is -2.43. The number of aromatic amines is 1. The number of hydrogen-bond donors (Lipinski definition) is 1. The summed E-state index contributed by atoms with van der Waals surface area (Å²) in [6.45, 7) is 0. The SMILES string of the molecule is COC(=O)c1cc(F)cc(-c2cc(=O)cc[nH]2)c1. The Bertz CT molecular complexity index is 649. The zero-order valence-corrected chi connectivity index (χ0v) is 9.57. The Morgan fingerprint density at radius 3 is 2.72 bits per heavy atom. The molecule has 1 aromatic carbocycles. The molecule has 0 aliphatic heterocycles. The highest BCUT2D eigenvalue weighted by Gasteiger charge is 2.10. The van der Waals surface area contributed by atoms with Gasteiger partial charge in [-0.25, -0.2) is 9.18 Å². The van der Waals surface area contributed by atoms with Crippen LogP contribution in [-0.2, 0) is 4.74 Å². The van der Waals surface area contributed by atoms with E-state index in [0.29, 0.717) is 11.3 Å². The standard InChI is InChI=1S/C13H10FNO3/c1-18-13(17)9-4-8(5-10(14)6-9)12-7-11(16)2-3-15-12/h2-7H,1H3,(H,15,16). The number of H-pyrrole nitrogens is 1. The van der Waals surface area contributed by atoms with Crippen LogP contribution in [0.15, 0.2) is 41.3 Å². The third kappa shape index (κ3) is 2.45. The quantitative estimate of drug-likeness (QED) is 0.825. The molecule has 0 saturated heterocycles. The summed E-state index contributed by atoms with van der Waals surface area (Å²) in [5.41, 5.74) is 0.741. The van der Waals surface area contributed by atoms with E-state index in [0.717, 1.165) is 6.07 Å². The van der Waals surface area contributed by atoms with Gasteiger partial charge in [-0.2, -0.15) is 0 Å². The van der Waals surface area contributed by atoms with Gasteiger partial charge in [0.05, 0.1) is 12.7 Å². The summed E-state index contributed by atoms with van der Waals surface area (Å²) in [6.07, 6.45) is 1.46. The van der Waals surface area contributed by atoms with Crippen LogP contribution >= 0.6 is 0 Å². The molecular weight excluding hydrogens is 237 g/mol. The van der Waals surface area contributed by atoms with Crippen molar-refractivity contribution >= 4 is 5.97 Å². The molecule has 0 atom stereocenters. The fraction of sp³-hybridized carbons (Fsp3) is 0.0769. The summed E-state index contributed by atoms with van der Waals surface area (Å²) in [5, 5.41) is 0. The first-order valence-electron chi connectivity index (χ1n) is 5.18. The molecule has 0 radical (unpaired) electrons. The number of nitrogens with one attached hydrogen (secondary N) is 1. The van der Waals surface area contributed by atoms with Crippen LogP contribution in [0.3, 0.4) is 0 Å². The molecule has 0 fully saturated rings. The van der Waals surface area contributed by atoms with Gasteiger partial charge in [-0.1, -0.05) is 0 Å². The number of hydrogen-bond acceptors (Lipinski definition) is 3. The Balaban J connectivity index is 2.55. The minimum Gasteiger partial charge on any atom is -0.465 e. The Morgan fingerprint density at radius 2 is 2.06 bits per heavy atom. The minimum atomic E-state index is -0.631. The number of benzene rings is 1. The second-order valence-electron chi connectivity index (χ2n) is 3.66. The second-order valence-corrected chi connectivity index (χ2v) is 3.66. The maximum atomic E-state index is 13.4. The molecule has 2 rings (SSSR count). The van der Waals surface area contributed by atoms with Crippen LogP contribution in [0.25, 0.3) is 11.3 Å². The number of halogens is 1. The van der Waals surface area contributed by atoms with Crippen molar-refractivity contribution < 1.29 is 13.9 Å². The average Bonchev–Trinajstić information content (AvgIpc) is 2.37. The van der Waals surface area contributed by atoms with Crippen LogP contribution in [0.2, 0.25) is 0 Å². The van der Waals surface area contributed by atoms with Gasteiger partial charge in [-0.05, 0) is 18.2 Å². The lowest BCUT2D eigenvalue weighted by atomic mass is 10.1. The molecule has 0 amide bonds. The van der Waals surface area contributed by atoms with E-state index in [4.69, 9.17) is 0 Å². The number of pyridine rings is 1. The highest BCUT2D eigenvalue weighted by Crippen LogP contribution is 2.19. The highest BCUT2D eigenvalue weighted by atomic mass is 19.1. The lowest BCUT2D eigenvalue weighted by Crippen LogP contribution is -2.03. The van der Waals surface area contributed by atoms with Crippen molar-refractivity contribution in [1.82, 2.24) is 4.98 Å². The molecule has 1 N–H and O–H groups in total. The van der Waals surface area contributed by atoms with Crippen molar-refractivity contribution in [2.45, 2.75) is 0 Å². The van der Waals surface area contributed by atoms with Crippen LogP contribution < -0.4 is 5.43 Å². The van der Waals surface area contributed by atoms with Crippen molar-refractivity contribution in [3.05, 3.63) is 58.1 Å². The molecule has 18 heavy (non-hydrogen) atoms. The smallest absolute Gasteiger partial charge is 0.337 e. The molecule has 1 aromatic heterocycles. The Kier molecular flexibility index (Phi) is 3.23. The largest absolute Gasteiger partial charge is 0.465 e. The first-order valence-corrected chi connectivity index (χ1v) is 5.18. The van der Waals surface area contributed by atoms with E-state index in [9.17, 15) is 14.0 Å². The number of methoxy groups -OCH3 is 1. The maximum Gasteiger partial charge on any atom is 0.337 e. The van der Waals surface area contributed by atoms with E-state index < -0.39 is 11.8 Å². The van der Waals surface area contributed by atoms with Crippen molar-refractivity contribution in [2.24, 2.45) is 0 Å². The van der Waals surface area contributed by atoms with E-state index in [1.54, 1.807) is 0 Å². The summed E-state index contributed by atoms with van der Waals surface area (Å²) in [4.78, 5) is 25.4. The van der Waals surface area contributed by atoms with E-state index in [1.807, 2.05) is 0 Å².